The Balaban J connectivity index is 2.80. The zero-order chi connectivity index (χ0) is 14.5. The quantitative estimate of drug-likeness (QED) is 0.788. The smallest absolute Gasteiger partial charge is 0.0342 e. The molecule has 2 heteroatoms. The standard InChI is InChI=1S/C17H30N2/c1-17(2,3)15-11-9-14(10-12-15)16(19(5)6)8-7-13-18-4/h9-12,16,18H,7-8,13H2,1-6H3. The van der Waals surface area contributed by atoms with Gasteiger partial charge in [-0.2, -0.15) is 0 Å². The molecule has 0 saturated carbocycles. The van der Waals surface area contributed by atoms with Gasteiger partial charge in [0, 0.05) is 6.04 Å². The molecule has 0 aliphatic heterocycles. The lowest BCUT2D eigenvalue weighted by molar-refractivity contribution is 0.279. The van der Waals surface area contributed by atoms with E-state index >= 15 is 0 Å². The first-order valence-corrected chi connectivity index (χ1v) is 7.27. The second-order valence-corrected chi connectivity index (χ2v) is 6.60. The fourth-order valence-corrected chi connectivity index (χ4v) is 2.40. The maximum atomic E-state index is 3.22. The van der Waals surface area contributed by atoms with Crippen LogP contribution in [0.3, 0.4) is 0 Å². The van der Waals surface area contributed by atoms with Crippen molar-refractivity contribution in [2.24, 2.45) is 0 Å². The summed E-state index contributed by atoms with van der Waals surface area (Å²) in [4.78, 5) is 2.32. The molecule has 108 valence electrons. The third kappa shape index (κ3) is 4.96. The van der Waals surface area contributed by atoms with E-state index in [2.05, 4.69) is 69.3 Å². The van der Waals surface area contributed by atoms with Gasteiger partial charge in [-0.3, -0.25) is 0 Å². The lowest BCUT2D eigenvalue weighted by Crippen LogP contribution is -2.21. The topological polar surface area (TPSA) is 15.3 Å². The van der Waals surface area contributed by atoms with E-state index in [-0.39, 0.29) is 5.41 Å². The molecule has 0 fully saturated rings. The molecule has 1 rings (SSSR count). The van der Waals surface area contributed by atoms with Gasteiger partial charge < -0.3 is 10.2 Å². The molecule has 0 heterocycles. The van der Waals surface area contributed by atoms with E-state index in [4.69, 9.17) is 0 Å². The molecule has 0 amide bonds. The van der Waals surface area contributed by atoms with E-state index in [1.807, 2.05) is 7.05 Å². The van der Waals surface area contributed by atoms with Crippen molar-refractivity contribution in [1.29, 1.82) is 0 Å². The molecule has 0 bridgehead atoms. The maximum absolute atomic E-state index is 3.22. The van der Waals surface area contributed by atoms with Crippen molar-refractivity contribution < 1.29 is 0 Å². The van der Waals surface area contributed by atoms with Crippen molar-refractivity contribution in [3.63, 3.8) is 0 Å². The van der Waals surface area contributed by atoms with Crippen LogP contribution in [0.25, 0.3) is 0 Å². The molecule has 1 aromatic carbocycles. The van der Waals surface area contributed by atoms with E-state index in [1.54, 1.807) is 0 Å². The van der Waals surface area contributed by atoms with Gasteiger partial charge >= 0.3 is 0 Å². The summed E-state index contributed by atoms with van der Waals surface area (Å²) in [5.74, 6) is 0. The number of hydrogen-bond donors (Lipinski definition) is 1. The summed E-state index contributed by atoms with van der Waals surface area (Å²) >= 11 is 0. The minimum absolute atomic E-state index is 0.234. The number of benzene rings is 1. The van der Waals surface area contributed by atoms with Crippen molar-refractivity contribution >= 4 is 0 Å². The predicted molar refractivity (Wildman–Crippen MR) is 84.7 cm³/mol. The van der Waals surface area contributed by atoms with Crippen molar-refractivity contribution in [3.05, 3.63) is 35.4 Å². The highest BCUT2D eigenvalue weighted by molar-refractivity contribution is 5.29. The Kier molecular flexibility index (Phi) is 6.02. The molecule has 2 nitrogen and oxygen atoms in total. The van der Waals surface area contributed by atoms with Crippen LogP contribution in [0.5, 0.6) is 0 Å². The zero-order valence-corrected chi connectivity index (χ0v) is 13.5. The van der Waals surface area contributed by atoms with Gasteiger partial charge in [-0.1, -0.05) is 45.0 Å². The number of nitrogens with zero attached hydrogens (tertiary/aromatic N) is 1. The van der Waals surface area contributed by atoms with Crippen LogP contribution in [-0.2, 0) is 5.41 Å². The monoisotopic (exact) mass is 262 g/mol. The molecule has 1 unspecified atom stereocenters. The third-order valence-electron chi connectivity index (χ3n) is 3.69. The summed E-state index contributed by atoms with van der Waals surface area (Å²) in [6.45, 7) is 7.87. The van der Waals surface area contributed by atoms with Crippen molar-refractivity contribution in [1.82, 2.24) is 10.2 Å². The third-order valence-corrected chi connectivity index (χ3v) is 3.69. The molecule has 0 aliphatic carbocycles. The summed E-state index contributed by atoms with van der Waals surface area (Å²) in [5.41, 5.74) is 3.07. The molecule has 1 aromatic rings. The zero-order valence-electron chi connectivity index (χ0n) is 13.5. The first kappa shape index (κ1) is 16.2. The van der Waals surface area contributed by atoms with Crippen molar-refractivity contribution in [3.8, 4) is 0 Å². The Morgan fingerprint density at radius 2 is 1.68 bits per heavy atom. The van der Waals surface area contributed by atoms with Gasteiger partial charge in [-0.05, 0) is 57.1 Å². The molecule has 0 saturated heterocycles. The average Bonchev–Trinajstić information content (AvgIpc) is 2.33. The summed E-state index contributed by atoms with van der Waals surface area (Å²) in [6.07, 6.45) is 2.41. The molecule has 0 aliphatic rings. The summed E-state index contributed by atoms with van der Waals surface area (Å²) < 4.78 is 0. The van der Waals surface area contributed by atoms with Crippen LogP contribution >= 0.6 is 0 Å². The molecule has 0 aromatic heterocycles. The van der Waals surface area contributed by atoms with E-state index in [9.17, 15) is 0 Å². The summed E-state index contributed by atoms with van der Waals surface area (Å²) in [5, 5.41) is 3.22. The molecule has 0 radical (unpaired) electrons. The number of rotatable bonds is 6. The molecule has 19 heavy (non-hydrogen) atoms. The highest BCUT2D eigenvalue weighted by Gasteiger charge is 2.16. The fraction of sp³-hybridized carbons (Fsp3) is 0.647. The van der Waals surface area contributed by atoms with Crippen molar-refractivity contribution in [2.45, 2.75) is 45.1 Å². The van der Waals surface area contributed by atoms with Gasteiger partial charge in [0.1, 0.15) is 0 Å². The Morgan fingerprint density at radius 1 is 1.11 bits per heavy atom. The van der Waals surface area contributed by atoms with E-state index in [0.29, 0.717) is 6.04 Å². The van der Waals surface area contributed by atoms with Crippen LogP contribution in [0, 0.1) is 0 Å². The predicted octanol–water partition coefficient (Wildman–Crippen LogP) is 3.59. The van der Waals surface area contributed by atoms with Crippen molar-refractivity contribution in [2.75, 3.05) is 27.7 Å². The molecular formula is C17H30N2. The van der Waals surface area contributed by atoms with Gasteiger partial charge in [-0.15, -0.1) is 0 Å². The Morgan fingerprint density at radius 3 is 2.11 bits per heavy atom. The maximum Gasteiger partial charge on any atom is 0.0342 e. The van der Waals surface area contributed by atoms with Gasteiger partial charge in [0.05, 0.1) is 0 Å². The number of hydrogen-bond acceptors (Lipinski definition) is 2. The average molecular weight is 262 g/mol. The lowest BCUT2D eigenvalue weighted by Gasteiger charge is -2.26. The first-order chi connectivity index (χ1) is 8.86. The molecule has 1 N–H and O–H groups in total. The van der Waals surface area contributed by atoms with E-state index < -0.39 is 0 Å². The van der Waals surface area contributed by atoms with Crippen LogP contribution in [0.4, 0.5) is 0 Å². The Bertz CT molecular complexity index is 360. The fourth-order valence-electron chi connectivity index (χ4n) is 2.40. The van der Waals surface area contributed by atoms with Crippen LogP contribution in [0.2, 0.25) is 0 Å². The SMILES string of the molecule is CNCCCC(c1ccc(C(C)(C)C)cc1)N(C)C. The molecule has 1 atom stereocenters. The van der Waals surface area contributed by atoms with Gasteiger partial charge in [0.25, 0.3) is 0 Å². The van der Waals surface area contributed by atoms with E-state index in [1.165, 1.54) is 24.0 Å². The summed E-state index contributed by atoms with van der Waals surface area (Å²) in [7, 11) is 6.35. The second-order valence-electron chi connectivity index (χ2n) is 6.60. The Labute approximate surface area is 119 Å². The largest absolute Gasteiger partial charge is 0.320 e. The highest BCUT2D eigenvalue weighted by Crippen LogP contribution is 2.27. The first-order valence-electron chi connectivity index (χ1n) is 7.27. The van der Waals surface area contributed by atoms with E-state index in [0.717, 1.165) is 6.54 Å². The minimum atomic E-state index is 0.234. The number of nitrogens with one attached hydrogen (secondary N) is 1. The van der Waals surface area contributed by atoms with Crippen LogP contribution in [-0.4, -0.2) is 32.6 Å². The normalized spacial score (nSPS) is 13.8. The van der Waals surface area contributed by atoms with Gasteiger partial charge in [-0.25, -0.2) is 0 Å². The minimum Gasteiger partial charge on any atom is -0.320 e. The van der Waals surface area contributed by atoms with Crippen LogP contribution < -0.4 is 5.32 Å². The molecular weight excluding hydrogens is 232 g/mol. The molecule has 0 spiro atoms. The van der Waals surface area contributed by atoms with Crippen LogP contribution in [0.15, 0.2) is 24.3 Å². The van der Waals surface area contributed by atoms with Crippen LogP contribution in [0.1, 0.15) is 50.8 Å². The van der Waals surface area contributed by atoms with Gasteiger partial charge in [0.15, 0.2) is 0 Å². The Hall–Kier alpha value is -0.860. The summed E-state index contributed by atoms with van der Waals surface area (Å²) in [6, 6.07) is 9.67. The second kappa shape index (κ2) is 7.06. The highest BCUT2D eigenvalue weighted by atomic mass is 15.1. The lowest BCUT2D eigenvalue weighted by atomic mass is 9.86. The van der Waals surface area contributed by atoms with Gasteiger partial charge in [0.2, 0.25) is 0 Å².